The fourth-order valence-corrected chi connectivity index (χ4v) is 3.41. The SMILES string of the molecule is CC1CN(CC(=O)NC(=O)NC2CCCCC2)CC(C)N1.Cl. The summed E-state index contributed by atoms with van der Waals surface area (Å²) in [5.41, 5.74) is 0. The first-order chi connectivity index (χ1) is 10.0. The molecule has 128 valence electrons. The van der Waals surface area contributed by atoms with E-state index in [0.717, 1.165) is 38.8 Å². The summed E-state index contributed by atoms with van der Waals surface area (Å²) in [7, 11) is 0. The van der Waals surface area contributed by atoms with Crippen LogP contribution < -0.4 is 16.0 Å². The zero-order chi connectivity index (χ0) is 15.2. The smallest absolute Gasteiger partial charge is 0.321 e. The normalized spacial score (nSPS) is 26.8. The lowest BCUT2D eigenvalue weighted by Gasteiger charge is -2.35. The first kappa shape index (κ1) is 19.2. The Kier molecular flexibility index (Phi) is 8.14. The van der Waals surface area contributed by atoms with Gasteiger partial charge in [-0.1, -0.05) is 19.3 Å². The van der Waals surface area contributed by atoms with E-state index in [1.807, 2.05) is 0 Å². The highest BCUT2D eigenvalue weighted by molar-refractivity contribution is 5.95. The van der Waals surface area contributed by atoms with Crippen LogP contribution in [0.4, 0.5) is 4.79 Å². The van der Waals surface area contributed by atoms with Gasteiger partial charge in [-0.25, -0.2) is 4.79 Å². The molecule has 7 heteroatoms. The molecule has 22 heavy (non-hydrogen) atoms. The summed E-state index contributed by atoms with van der Waals surface area (Å²) in [6.45, 7) is 6.17. The lowest BCUT2D eigenvalue weighted by atomic mass is 9.96. The van der Waals surface area contributed by atoms with Crippen molar-refractivity contribution in [2.24, 2.45) is 0 Å². The van der Waals surface area contributed by atoms with Gasteiger partial charge >= 0.3 is 6.03 Å². The molecule has 1 aliphatic heterocycles. The van der Waals surface area contributed by atoms with Crippen molar-refractivity contribution in [1.29, 1.82) is 0 Å². The summed E-state index contributed by atoms with van der Waals surface area (Å²) in [6.07, 6.45) is 5.62. The Morgan fingerprint density at radius 3 is 2.27 bits per heavy atom. The second-order valence-electron chi connectivity index (χ2n) is 6.52. The summed E-state index contributed by atoms with van der Waals surface area (Å²) >= 11 is 0. The van der Waals surface area contributed by atoms with E-state index in [4.69, 9.17) is 0 Å². The Hall–Kier alpha value is -0.850. The van der Waals surface area contributed by atoms with Crippen molar-refractivity contribution in [2.75, 3.05) is 19.6 Å². The van der Waals surface area contributed by atoms with Crippen LogP contribution in [0, 0.1) is 0 Å². The van der Waals surface area contributed by atoms with E-state index >= 15 is 0 Å². The van der Waals surface area contributed by atoms with Crippen LogP contribution in [0.25, 0.3) is 0 Å². The number of hydrogen-bond donors (Lipinski definition) is 3. The zero-order valence-corrected chi connectivity index (χ0v) is 14.4. The van der Waals surface area contributed by atoms with Gasteiger partial charge in [-0.15, -0.1) is 12.4 Å². The standard InChI is InChI=1S/C15H28N4O2.ClH/c1-11-8-19(9-12(2)16-11)10-14(20)18-15(21)17-13-6-4-3-5-7-13;/h11-13,16H,3-10H2,1-2H3,(H2,17,18,20,21);1H. The van der Waals surface area contributed by atoms with E-state index in [1.165, 1.54) is 6.42 Å². The highest BCUT2D eigenvalue weighted by Crippen LogP contribution is 2.17. The summed E-state index contributed by atoms with van der Waals surface area (Å²) in [5.74, 6) is -0.218. The van der Waals surface area contributed by atoms with Crippen molar-refractivity contribution in [2.45, 2.75) is 64.1 Å². The second kappa shape index (κ2) is 9.33. The molecule has 6 nitrogen and oxygen atoms in total. The Morgan fingerprint density at radius 2 is 1.68 bits per heavy atom. The predicted octanol–water partition coefficient (Wildman–Crippen LogP) is 1.25. The van der Waals surface area contributed by atoms with E-state index in [9.17, 15) is 9.59 Å². The number of amides is 3. The van der Waals surface area contributed by atoms with E-state index in [2.05, 4.69) is 34.7 Å². The lowest BCUT2D eigenvalue weighted by molar-refractivity contribution is -0.121. The molecule has 2 unspecified atom stereocenters. The molecule has 0 aromatic carbocycles. The minimum absolute atomic E-state index is 0. The van der Waals surface area contributed by atoms with Crippen LogP contribution in [0.15, 0.2) is 0 Å². The van der Waals surface area contributed by atoms with Crippen LogP contribution in [0.2, 0.25) is 0 Å². The Bertz CT molecular complexity index is 365. The number of carbonyl (C=O) groups excluding carboxylic acids is 2. The van der Waals surface area contributed by atoms with Gasteiger partial charge in [0.2, 0.25) is 5.91 Å². The van der Waals surface area contributed by atoms with Gasteiger partial charge in [0.25, 0.3) is 0 Å². The fourth-order valence-electron chi connectivity index (χ4n) is 3.41. The first-order valence-electron chi connectivity index (χ1n) is 8.11. The van der Waals surface area contributed by atoms with Gasteiger partial charge < -0.3 is 10.6 Å². The molecule has 1 aliphatic carbocycles. The number of halogens is 1. The van der Waals surface area contributed by atoms with Crippen molar-refractivity contribution in [1.82, 2.24) is 20.9 Å². The molecule has 2 fully saturated rings. The number of carbonyl (C=O) groups is 2. The van der Waals surface area contributed by atoms with Gasteiger partial charge in [0, 0.05) is 31.2 Å². The molecule has 3 amide bonds. The van der Waals surface area contributed by atoms with Gasteiger partial charge in [0.05, 0.1) is 6.54 Å². The quantitative estimate of drug-likeness (QED) is 0.727. The van der Waals surface area contributed by atoms with Gasteiger partial charge in [0.1, 0.15) is 0 Å². The summed E-state index contributed by atoms with van der Waals surface area (Å²) in [4.78, 5) is 25.9. The molecule has 0 bridgehead atoms. The molecule has 2 rings (SSSR count). The Morgan fingerprint density at radius 1 is 1.09 bits per heavy atom. The highest BCUT2D eigenvalue weighted by atomic mass is 35.5. The summed E-state index contributed by atoms with van der Waals surface area (Å²) in [5, 5.41) is 8.78. The molecule has 0 radical (unpaired) electrons. The van der Waals surface area contributed by atoms with Gasteiger partial charge in [-0.05, 0) is 26.7 Å². The molecule has 1 saturated heterocycles. The van der Waals surface area contributed by atoms with E-state index in [-0.39, 0.29) is 36.9 Å². The number of rotatable bonds is 3. The molecule has 3 N–H and O–H groups in total. The first-order valence-corrected chi connectivity index (χ1v) is 8.11. The molecule has 0 aromatic heterocycles. The molecule has 2 aliphatic rings. The van der Waals surface area contributed by atoms with Crippen molar-refractivity contribution in [3.8, 4) is 0 Å². The third-order valence-corrected chi connectivity index (χ3v) is 4.19. The number of imide groups is 1. The third kappa shape index (κ3) is 6.50. The average Bonchev–Trinajstić information content (AvgIpc) is 2.37. The number of urea groups is 1. The van der Waals surface area contributed by atoms with Gasteiger partial charge in [-0.3, -0.25) is 15.0 Å². The number of nitrogens with zero attached hydrogens (tertiary/aromatic N) is 1. The van der Waals surface area contributed by atoms with E-state index in [0.29, 0.717) is 12.1 Å². The minimum atomic E-state index is -0.344. The van der Waals surface area contributed by atoms with Crippen LogP contribution in [0.5, 0.6) is 0 Å². The molecular weight excluding hydrogens is 304 g/mol. The van der Waals surface area contributed by atoms with Crippen LogP contribution in [0.1, 0.15) is 46.0 Å². The summed E-state index contributed by atoms with van der Waals surface area (Å²) in [6, 6.07) is 0.629. The number of hydrogen-bond acceptors (Lipinski definition) is 4. The molecular formula is C15H29ClN4O2. The maximum absolute atomic E-state index is 11.9. The second-order valence-corrected chi connectivity index (χ2v) is 6.52. The highest BCUT2D eigenvalue weighted by Gasteiger charge is 2.23. The number of piperazine rings is 1. The molecule has 1 saturated carbocycles. The lowest BCUT2D eigenvalue weighted by Crippen LogP contribution is -2.56. The van der Waals surface area contributed by atoms with Gasteiger partial charge in [-0.2, -0.15) is 0 Å². The minimum Gasteiger partial charge on any atom is -0.335 e. The van der Waals surface area contributed by atoms with Gasteiger partial charge in [0.15, 0.2) is 0 Å². The molecule has 0 aromatic rings. The van der Waals surface area contributed by atoms with E-state index < -0.39 is 0 Å². The topological polar surface area (TPSA) is 73.5 Å². The fraction of sp³-hybridized carbons (Fsp3) is 0.867. The van der Waals surface area contributed by atoms with Crippen molar-refractivity contribution in [3.05, 3.63) is 0 Å². The van der Waals surface area contributed by atoms with Crippen molar-refractivity contribution in [3.63, 3.8) is 0 Å². The van der Waals surface area contributed by atoms with Crippen LogP contribution in [0.3, 0.4) is 0 Å². The van der Waals surface area contributed by atoms with E-state index in [1.54, 1.807) is 0 Å². The monoisotopic (exact) mass is 332 g/mol. The predicted molar refractivity (Wildman–Crippen MR) is 89.3 cm³/mol. The third-order valence-electron chi connectivity index (χ3n) is 4.19. The number of nitrogens with one attached hydrogen (secondary N) is 3. The maximum Gasteiger partial charge on any atom is 0.321 e. The summed E-state index contributed by atoms with van der Waals surface area (Å²) < 4.78 is 0. The van der Waals surface area contributed by atoms with Crippen LogP contribution >= 0.6 is 12.4 Å². The van der Waals surface area contributed by atoms with Crippen LogP contribution in [-0.2, 0) is 4.79 Å². The Balaban J connectivity index is 0.00000242. The average molecular weight is 333 g/mol. The van der Waals surface area contributed by atoms with Crippen LogP contribution in [-0.4, -0.2) is 54.6 Å². The van der Waals surface area contributed by atoms with Crippen molar-refractivity contribution < 1.29 is 9.59 Å². The zero-order valence-electron chi connectivity index (χ0n) is 13.6. The largest absolute Gasteiger partial charge is 0.335 e. The molecule has 2 atom stereocenters. The molecule has 1 heterocycles. The maximum atomic E-state index is 11.9. The van der Waals surface area contributed by atoms with Crippen molar-refractivity contribution >= 4 is 24.3 Å². The Labute approximate surface area is 139 Å². The molecule has 0 spiro atoms.